The van der Waals surface area contributed by atoms with E-state index in [1.54, 1.807) is 7.11 Å². The molecule has 3 rings (SSSR count). The number of pyridine rings is 1. The molecule has 2 aromatic heterocycles. The number of anilines is 1. The number of rotatable bonds is 7. The molecular formula is C16H24N4O. The van der Waals surface area contributed by atoms with Crippen LogP contribution in [-0.2, 0) is 11.3 Å². The molecule has 1 fully saturated rings. The van der Waals surface area contributed by atoms with E-state index in [1.165, 1.54) is 25.0 Å². The van der Waals surface area contributed by atoms with E-state index in [9.17, 15) is 0 Å². The Hall–Kier alpha value is -1.59. The number of nitrogens with zero attached hydrogens (tertiary/aromatic N) is 3. The molecule has 2 aromatic rings. The summed E-state index contributed by atoms with van der Waals surface area (Å²) in [5.41, 5.74) is 2.25. The van der Waals surface area contributed by atoms with Gasteiger partial charge >= 0.3 is 0 Å². The molecule has 1 aliphatic rings. The number of hydrogen-bond donors (Lipinski definition) is 1. The second kappa shape index (κ2) is 6.45. The number of aromatic nitrogens is 2. The molecule has 1 saturated carbocycles. The maximum absolute atomic E-state index is 5.10. The predicted octanol–water partition coefficient (Wildman–Crippen LogP) is 2.06. The fraction of sp³-hybridized carbons (Fsp3) is 0.562. The van der Waals surface area contributed by atoms with E-state index >= 15 is 0 Å². The van der Waals surface area contributed by atoms with E-state index in [2.05, 4.69) is 40.0 Å². The highest BCUT2D eigenvalue weighted by Gasteiger charge is 2.26. The van der Waals surface area contributed by atoms with Gasteiger partial charge in [0.15, 0.2) is 5.82 Å². The highest BCUT2D eigenvalue weighted by Crippen LogP contribution is 2.30. The van der Waals surface area contributed by atoms with Crippen molar-refractivity contribution in [1.29, 1.82) is 0 Å². The summed E-state index contributed by atoms with van der Waals surface area (Å²) in [7, 11) is 3.90. The van der Waals surface area contributed by atoms with Crippen molar-refractivity contribution in [1.82, 2.24) is 14.7 Å². The lowest BCUT2D eigenvalue weighted by molar-refractivity contribution is 0.199. The van der Waals surface area contributed by atoms with Crippen LogP contribution < -0.4 is 10.2 Å². The molecule has 21 heavy (non-hydrogen) atoms. The Kier molecular flexibility index (Phi) is 4.41. The molecule has 0 unspecified atom stereocenters. The van der Waals surface area contributed by atoms with Crippen molar-refractivity contribution in [2.45, 2.75) is 31.8 Å². The number of ether oxygens (including phenoxy) is 1. The summed E-state index contributed by atoms with van der Waals surface area (Å²) in [6, 6.07) is 6.81. The first kappa shape index (κ1) is 14.4. The third-order valence-corrected chi connectivity index (χ3v) is 4.34. The standard InChI is InChI=1S/C16H24N4O/c1-19(13-6-5-7-13)16-14(12-17-9-11-21-2)20-10-4-3-8-15(20)18-16/h3-4,8,10,13,17H,5-7,9,11-12H2,1-2H3. The van der Waals surface area contributed by atoms with Gasteiger partial charge < -0.3 is 19.4 Å². The number of imidazole rings is 1. The Morgan fingerprint density at radius 3 is 3.00 bits per heavy atom. The third kappa shape index (κ3) is 2.89. The molecule has 0 amide bonds. The fourth-order valence-electron chi connectivity index (χ4n) is 2.81. The maximum Gasteiger partial charge on any atom is 0.152 e. The Labute approximate surface area is 125 Å². The van der Waals surface area contributed by atoms with Gasteiger partial charge in [-0.3, -0.25) is 0 Å². The molecule has 5 nitrogen and oxygen atoms in total. The summed E-state index contributed by atoms with van der Waals surface area (Å²) >= 11 is 0. The quantitative estimate of drug-likeness (QED) is 0.792. The van der Waals surface area contributed by atoms with Gasteiger partial charge in [-0.2, -0.15) is 0 Å². The van der Waals surface area contributed by atoms with Crippen molar-refractivity contribution in [2.24, 2.45) is 0 Å². The summed E-state index contributed by atoms with van der Waals surface area (Å²) in [4.78, 5) is 7.18. The number of methoxy groups -OCH3 is 1. The van der Waals surface area contributed by atoms with Crippen molar-refractivity contribution in [3.63, 3.8) is 0 Å². The molecule has 0 aromatic carbocycles. The molecule has 0 aliphatic heterocycles. The molecule has 0 saturated heterocycles. The lowest BCUT2D eigenvalue weighted by Gasteiger charge is -2.35. The van der Waals surface area contributed by atoms with Crippen LogP contribution in [0.25, 0.3) is 5.65 Å². The topological polar surface area (TPSA) is 41.8 Å². The van der Waals surface area contributed by atoms with Gasteiger partial charge in [-0.1, -0.05) is 6.07 Å². The largest absolute Gasteiger partial charge is 0.383 e. The van der Waals surface area contributed by atoms with Gasteiger partial charge in [-0.05, 0) is 31.4 Å². The number of fused-ring (bicyclic) bond motifs is 1. The zero-order valence-corrected chi connectivity index (χ0v) is 12.9. The van der Waals surface area contributed by atoms with E-state index < -0.39 is 0 Å². The maximum atomic E-state index is 5.10. The number of hydrogen-bond acceptors (Lipinski definition) is 4. The summed E-state index contributed by atoms with van der Waals surface area (Å²) in [5, 5.41) is 3.44. The van der Waals surface area contributed by atoms with Gasteiger partial charge in [0.05, 0.1) is 12.3 Å². The molecule has 1 N–H and O–H groups in total. The Balaban J connectivity index is 1.86. The van der Waals surface area contributed by atoms with Crippen LogP contribution in [0.1, 0.15) is 25.0 Å². The van der Waals surface area contributed by atoms with Crippen molar-refractivity contribution in [3.8, 4) is 0 Å². The van der Waals surface area contributed by atoms with E-state index in [-0.39, 0.29) is 0 Å². The minimum atomic E-state index is 0.646. The summed E-state index contributed by atoms with van der Waals surface area (Å²) in [6.45, 7) is 2.38. The molecule has 0 atom stereocenters. The molecule has 0 spiro atoms. The Morgan fingerprint density at radius 2 is 2.29 bits per heavy atom. The zero-order valence-electron chi connectivity index (χ0n) is 12.9. The van der Waals surface area contributed by atoms with Crippen molar-refractivity contribution >= 4 is 11.5 Å². The van der Waals surface area contributed by atoms with Gasteiger partial charge in [0.25, 0.3) is 0 Å². The van der Waals surface area contributed by atoms with Crippen molar-refractivity contribution in [3.05, 3.63) is 30.1 Å². The lowest BCUT2D eigenvalue weighted by Crippen LogP contribution is -2.38. The Morgan fingerprint density at radius 1 is 1.43 bits per heavy atom. The van der Waals surface area contributed by atoms with Crippen LogP contribution >= 0.6 is 0 Å². The van der Waals surface area contributed by atoms with Crippen molar-refractivity contribution in [2.75, 3.05) is 32.2 Å². The van der Waals surface area contributed by atoms with E-state index in [0.717, 1.165) is 31.2 Å². The molecule has 1 aliphatic carbocycles. The monoisotopic (exact) mass is 288 g/mol. The minimum absolute atomic E-state index is 0.646. The summed E-state index contributed by atoms with van der Waals surface area (Å²) in [5.74, 6) is 1.11. The SMILES string of the molecule is COCCNCc1c(N(C)C2CCC2)nc2ccccn12. The lowest BCUT2D eigenvalue weighted by atomic mass is 9.92. The number of nitrogens with one attached hydrogen (secondary N) is 1. The highest BCUT2D eigenvalue weighted by atomic mass is 16.5. The highest BCUT2D eigenvalue weighted by molar-refractivity contribution is 5.56. The average molecular weight is 288 g/mol. The smallest absolute Gasteiger partial charge is 0.152 e. The normalized spacial score (nSPS) is 15.3. The predicted molar refractivity (Wildman–Crippen MR) is 84.8 cm³/mol. The van der Waals surface area contributed by atoms with E-state index in [4.69, 9.17) is 9.72 Å². The molecule has 114 valence electrons. The van der Waals surface area contributed by atoms with Gasteiger partial charge in [-0.15, -0.1) is 0 Å². The van der Waals surface area contributed by atoms with Crippen LogP contribution in [0.15, 0.2) is 24.4 Å². The second-order valence-electron chi connectivity index (χ2n) is 5.68. The van der Waals surface area contributed by atoms with Gasteiger partial charge in [-0.25, -0.2) is 4.98 Å². The molecule has 0 radical (unpaired) electrons. The third-order valence-electron chi connectivity index (χ3n) is 4.34. The first-order valence-corrected chi connectivity index (χ1v) is 7.69. The van der Waals surface area contributed by atoms with Crippen LogP contribution in [0.4, 0.5) is 5.82 Å². The fourth-order valence-corrected chi connectivity index (χ4v) is 2.81. The zero-order chi connectivity index (χ0) is 14.7. The molecular weight excluding hydrogens is 264 g/mol. The first-order valence-electron chi connectivity index (χ1n) is 7.69. The van der Waals surface area contributed by atoms with E-state index in [1.807, 2.05) is 6.07 Å². The average Bonchev–Trinajstić information content (AvgIpc) is 2.81. The van der Waals surface area contributed by atoms with Crippen LogP contribution in [-0.4, -0.2) is 42.7 Å². The molecule has 5 heteroatoms. The summed E-state index contributed by atoms with van der Waals surface area (Å²) in [6.07, 6.45) is 5.99. The van der Waals surface area contributed by atoms with Crippen molar-refractivity contribution < 1.29 is 4.74 Å². The van der Waals surface area contributed by atoms with Crippen LogP contribution in [0.5, 0.6) is 0 Å². The van der Waals surface area contributed by atoms with Crippen LogP contribution in [0.3, 0.4) is 0 Å². The first-order chi connectivity index (χ1) is 10.3. The van der Waals surface area contributed by atoms with Gasteiger partial charge in [0.1, 0.15) is 5.65 Å². The van der Waals surface area contributed by atoms with Crippen LogP contribution in [0, 0.1) is 0 Å². The Bertz CT molecular complexity index is 591. The van der Waals surface area contributed by atoms with Crippen LogP contribution in [0.2, 0.25) is 0 Å². The van der Waals surface area contributed by atoms with E-state index in [0.29, 0.717) is 6.04 Å². The molecule has 0 bridgehead atoms. The minimum Gasteiger partial charge on any atom is -0.383 e. The van der Waals surface area contributed by atoms with Gasteiger partial charge in [0, 0.05) is 39.5 Å². The summed E-state index contributed by atoms with van der Waals surface area (Å²) < 4.78 is 7.28. The molecule has 2 heterocycles. The van der Waals surface area contributed by atoms with Gasteiger partial charge in [0.2, 0.25) is 0 Å². The second-order valence-corrected chi connectivity index (χ2v) is 5.68.